The lowest BCUT2D eigenvalue weighted by Gasteiger charge is -2.15. The third kappa shape index (κ3) is 4.34. The van der Waals surface area contributed by atoms with Gasteiger partial charge in [-0.1, -0.05) is 18.2 Å². The Balaban J connectivity index is 1.78. The third-order valence-corrected chi connectivity index (χ3v) is 4.09. The fourth-order valence-corrected chi connectivity index (χ4v) is 2.93. The highest BCUT2D eigenvalue weighted by atomic mass is 19.1. The van der Waals surface area contributed by atoms with Crippen molar-refractivity contribution >= 4 is 0 Å². The van der Waals surface area contributed by atoms with Crippen LogP contribution in [0, 0.1) is 5.82 Å². The summed E-state index contributed by atoms with van der Waals surface area (Å²) < 4.78 is 25.3. The number of halogens is 1. The molecule has 2 aromatic rings. The molecule has 0 saturated carbocycles. The minimum absolute atomic E-state index is 0.144. The van der Waals surface area contributed by atoms with E-state index in [0.29, 0.717) is 6.61 Å². The third-order valence-electron chi connectivity index (χ3n) is 4.09. The zero-order chi connectivity index (χ0) is 16.9. The Bertz CT molecular complexity index is 664. The van der Waals surface area contributed by atoms with E-state index >= 15 is 0 Å². The predicted octanol–water partition coefficient (Wildman–Crippen LogP) is 4.16. The SMILES string of the molecule is CC(C)Oc1ccc(-c2ccc(F)cc2CO[C@H]2CCNC2)cc1. The van der Waals surface area contributed by atoms with E-state index in [-0.39, 0.29) is 18.0 Å². The highest BCUT2D eigenvalue weighted by molar-refractivity contribution is 5.68. The van der Waals surface area contributed by atoms with Crippen molar-refractivity contribution in [1.29, 1.82) is 0 Å². The average Bonchev–Trinajstić information content (AvgIpc) is 3.07. The van der Waals surface area contributed by atoms with Gasteiger partial charge in [0.05, 0.1) is 18.8 Å². The first kappa shape index (κ1) is 16.9. The predicted molar refractivity (Wildman–Crippen MR) is 93.7 cm³/mol. The van der Waals surface area contributed by atoms with Crippen LogP contribution in [-0.4, -0.2) is 25.3 Å². The number of ether oxygens (including phenoxy) is 2. The van der Waals surface area contributed by atoms with Gasteiger partial charge in [0.25, 0.3) is 0 Å². The second kappa shape index (κ2) is 7.77. The van der Waals surface area contributed by atoms with Gasteiger partial charge in [0.2, 0.25) is 0 Å². The van der Waals surface area contributed by atoms with Gasteiger partial charge in [0, 0.05) is 6.54 Å². The van der Waals surface area contributed by atoms with Crippen LogP contribution in [0.3, 0.4) is 0 Å². The van der Waals surface area contributed by atoms with Crippen LogP contribution >= 0.6 is 0 Å². The molecule has 0 amide bonds. The fourth-order valence-electron chi connectivity index (χ4n) is 2.93. The van der Waals surface area contributed by atoms with Crippen molar-refractivity contribution in [1.82, 2.24) is 5.32 Å². The Morgan fingerprint density at radius 2 is 1.96 bits per heavy atom. The van der Waals surface area contributed by atoms with Crippen molar-refractivity contribution in [3.05, 3.63) is 53.8 Å². The fraction of sp³-hybridized carbons (Fsp3) is 0.400. The molecule has 1 aliphatic rings. The zero-order valence-corrected chi connectivity index (χ0v) is 14.2. The minimum atomic E-state index is -0.235. The zero-order valence-electron chi connectivity index (χ0n) is 14.2. The number of rotatable bonds is 6. The molecular weight excluding hydrogens is 305 g/mol. The lowest BCUT2D eigenvalue weighted by molar-refractivity contribution is 0.0543. The van der Waals surface area contributed by atoms with Crippen LogP contribution in [0.25, 0.3) is 11.1 Å². The maximum atomic E-state index is 13.7. The van der Waals surface area contributed by atoms with Crippen LogP contribution in [0.5, 0.6) is 5.75 Å². The normalized spacial score (nSPS) is 17.4. The summed E-state index contributed by atoms with van der Waals surface area (Å²) in [7, 11) is 0. The Labute approximate surface area is 142 Å². The van der Waals surface area contributed by atoms with Crippen molar-refractivity contribution in [3.8, 4) is 16.9 Å². The standard InChI is InChI=1S/C20H24FNO2/c1-14(2)24-18-6-3-15(4-7-18)20-8-5-17(21)11-16(20)13-23-19-9-10-22-12-19/h3-8,11,14,19,22H,9-10,12-13H2,1-2H3/t19-/m0/s1. The molecule has 1 aliphatic heterocycles. The van der Waals surface area contributed by atoms with Crippen molar-refractivity contribution < 1.29 is 13.9 Å². The molecule has 0 aromatic heterocycles. The van der Waals surface area contributed by atoms with Crippen molar-refractivity contribution in [2.75, 3.05) is 13.1 Å². The molecule has 4 heteroatoms. The Morgan fingerprint density at radius 1 is 1.17 bits per heavy atom. The van der Waals surface area contributed by atoms with Crippen LogP contribution in [-0.2, 0) is 11.3 Å². The molecule has 3 nitrogen and oxygen atoms in total. The summed E-state index contributed by atoms with van der Waals surface area (Å²) in [4.78, 5) is 0. The van der Waals surface area contributed by atoms with Gasteiger partial charge in [-0.15, -0.1) is 0 Å². The number of hydrogen-bond donors (Lipinski definition) is 1. The summed E-state index contributed by atoms with van der Waals surface area (Å²) in [6.45, 7) is 6.27. The summed E-state index contributed by atoms with van der Waals surface area (Å²) in [5, 5.41) is 3.28. The molecule has 0 unspecified atom stereocenters. The molecule has 2 aromatic carbocycles. The molecule has 0 bridgehead atoms. The van der Waals surface area contributed by atoms with E-state index < -0.39 is 0 Å². The largest absolute Gasteiger partial charge is 0.491 e. The van der Waals surface area contributed by atoms with Crippen molar-refractivity contribution in [2.24, 2.45) is 0 Å². The Morgan fingerprint density at radius 3 is 2.62 bits per heavy atom. The molecule has 1 heterocycles. The van der Waals surface area contributed by atoms with Crippen molar-refractivity contribution in [3.63, 3.8) is 0 Å². The van der Waals surface area contributed by atoms with E-state index in [0.717, 1.165) is 42.0 Å². The summed E-state index contributed by atoms with van der Waals surface area (Å²) in [5.74, 6) is 0.604. The highest BCUT2D eigenvalue weighted by Crippen LogP contribution is 2.28. The quantitative estimate of drug-likeness (QED) is 0.863. The van der Waals surface area contributed by atoms with Crippen LogP contribution in [0.4, 0.5) is 4.39 Å². The molecule has 0 radical (unpaired) electrons. The van der Waals surface area contributed by atoms with E-state index in [1.165, 1.54) is 6.07 Å². The first-order valence-corrected chi connectivity index (χ1v) is 8.49. The monoisotopic (exact) mass is 329 g/mol. The van der Waals surface area contributed by atoms with Gasteiger partial charge in [-0.2, -0.15) is 0 Å². The molecule has 1 atom stereocenters. The first-order valence-electron chi connectivity index (χ1n) is 8.49. The molecule has 1 saturated heterocycles. The second-order valence-electron chi connectivity index (χ2n) is 6.42. The number of benzene rings is 2. The maximum Gasteiger partial charge on any atom is 0.123 e. The maximum absolute atomic E-state index is 13.7. The van der Waals surface area contributed by atoms with E-state index in [9.17, 15) is 4.39 Å². The van der Waals surface area contributed by atoms with Gasteiger partial charge in [0.1, 0.15) is 11.6 Å². The van der Waals surface area contributed by atoms with Gasteiger partial charge in [-0.05, 0) is 67.8 Å². The topological polar surface area (TPSA) is 30.5 Å². The molecule has 24 heavy (non-hydrogen) atoms. The second-order valence-corrected chi connectivity index (χ2v) is 6.42. The highest BCUT2D eigenvalue weighted by Gasteiger charge is 2.16. The number of hydrogen-bond acceptors (Lipinski definition) is 3. The Hall–Kier alpha value is -1.91. The first-order chi connectivity index (χ1) is 11.6. The lowest BCUT2D eigenvalue weighted by atomic mass is 10.00. The summed E-state index contributed by atoms with van der Waals surface area (Å²) >= 11 is 0. The molecule has 0 aliphatic carbocycles. The van der Waals surface area contributed by atoms with E-state index in [1.807, 2.05) is 44.2 Å². The van der Waals surface area contributed by atoms with Crippen LogP contribution in [0.1, 0.15) is 25.8 Å². The number of nitrogens with one attached hydrogen (secondary N) is 1. The van der Waals surface area contributed by atoms with E-state index in [1.54, 1.807) is 6.07 Å². The summed E-state index contributed by atoms with van der Waals surface area (Å²) in [6, 6.07) is 12.8. The van der Waals surface area contributed by atoms with Gasteiger partial charge < -0.3 is 14.8 Å². The van der Waals surface area contributed by atoms with Gasteiger partial charge in [-0.25, -0.2) is 4.39 Å². The Kier molecular flexibility index (Phi) is 5.48. The smallest absolute Gasteiger partial charge is 0.123 e. The van der Waals surface area contributed by atoms with Gasteiger partial charge >= 0.3 is 0 Å². The van der Waals surface area contributed by atoms with E-state index in [4.69, 9.17) is 9.47 Å². The van der Waals surface area contributed by atoms with Gasteiger partial charge in [0.15, 0.2) is 0 Å². The van der Waals surface area contributed by atoms with Crippen LogP contribution in [0.15, 0.2) is 42.5 Å². The van der Waals surface area contributed by atoms with Gasteiger partial charge in [-0.3, -0.25) is 0 Å². The summed E-state index contributed by atoms with van der Waals surface area (Å²) in [6.07, 6.45) is 1.36. The molecular formula is C20H24FNO2. The molecule has 0 spiro atoms. The van der Waals surface area contributed by atoms with Crippen molar-refractivity contribution in [2.45, 2.75) is 39.1 Å². The minimum Gasteiger partial charge on any atom is -0.491 e. The summed E-state index contributed by atoms with van der Waals surface area (Å²) in [5.41, 5.74) is 2.91. The van der Waals surface area contributed by atoms with Crippen LogP contribution in [0.2, 0.25) is 0 Å². The average molecular weight is 329 g/mol. The molecule has 1 N–H and O–H groups in total. The molecule has 128 valence electrons. The van der Waals surface area contributed by atoms with Crippen LogP contribution < -0.4 is 10.1 Å². The lowest BCUT2D eigenvalue weighted by Crippen LogP contribution is -2.16. The van der Waals surface area contributed by atoms with E-state index in [2.05, 4.69) is 5.32 Å². The molecule has 3 rings (SSSR count). The molecule has 1 fully saturated rings.